The van der Waals surface area contributed by atoms with Crippen molar-refractivity contribution < 1.29 is 50.5 Å². The Morgan fingerprint density at radius 2 is 1.11 bits per heavy atom. The van der Waals surface area contributed by atoms with Crippen LogP contribution in [0.2, 0.25) is 0 Å². The predicted molar refractivity (Wildman–Crippen MR) is 133 cm³/mol. The average molecular weight is 560 g/mol. The number of carbonyl (C=O) groups is 3. The second-order valence-electron chi connectivity index (χ2n) is 9.47. The van der Waals surface area contributed by atoms with Gasteiger partial charge < -0.3 is 15.5 Å². The summed E-state index contributed by atoms with van der Waals surface area (Å²) < 4.78 is 64.9. The summed E-state index contributed by atoms with van der Waals surface area (Å²) in [5.74, 6) is -5.83. The summed E-state index contributed by atoms with van der Waals surface area (Å²) in [6.07, 6.45) is 12.7. The van der Waals surface area contributed by atoms with Crippen molar-refractivity contribution in [1.29, 1.82) is 0 Å². The van der Waals surface area contributed by atoms with E-state index in [1.807, 2.05) is 0 Å². The zero-order chi connectivity index (χ0) is 28.0. The lowest BCUT2D eigenvalue weighted by Gasteiger charge is -2.30. The first-order valence-corrected chi connectivity index (χ1v) is 15.2. The Kier molecular flexibility index (Phi) is 15.4. The third-order valence-corrected chi connectivity index (χ3v) is 8.50. The summed E-state index contributed by atoms with van der Waals surface area (Å²) in [6.45, 7) is 4.46. The van der Waals surface area contributed by atoms with E-state index in [1.54, 1.807) is 0 Å². The molecule has 5 N–H and O–H groups in total. The molecular formula is C22H41NO11S2. The highest BCUT2D eigenvalue weighted by molar-refractivity contribution is 7.92. The Morgan fingerprint density at radius 1 is 0.722 bits per heavy atom. The fourth-order valence-electron chi connectivity index (χ4n) is 3.93. The van der Waals surface area contributed by atoms with E-state index >= 15 is 0 Å². The largest absolute Gasteiger partial charge is 0.480 e. The van der Waals surface area contributed by atoms with Gasteiger partial charge >= 0.3 is 22.1 Å². The summed E-state index contributed by atoms with van der Waals surface area (Å²) in [5.41, 5.74) is 0. The van der Waals surface area contributed by atoms with E-state index in [0.29, 0.717) is 6.42 Å². The number of hydrogen-bond acceptors (Lipinski definition) is 7. The lowest BCUT2D eigenvalue weighted by molar-refractivity contribution is -0.149. The molecule has 0 aromatic heterocycles. The number of hydrogen-bond donors (Lipinski definition) is 5. The Morgan fingerprint density at radius 3 is 1.42 bits per heavy atom. The fourth-order valence-corrected chi connectivity index (χ4v) is 6.33. The van der Waals surface area contributed by atoms with Crippen molar-refractivity contribution in [2.45, 2.75) is 114 Å². The molecule has 14 heteroatoms. The van der Waals surface area contributed by atoms with E-state index in [4.69, 9.17) is 9.66 Å². The van der Waals surface area contributed by atoms with E-state index in [9.17, 15) is 40.9 Å². The molecular weight excluding hydrogens is 518 g/mol. The van der Waals surface area contributed by atoms with Gasteiger partial charge in [-0.15, -0.1) is 0 Å². The average Bonchev–Trinajstić information content (AvgIpc) is 2.70. The van der Waals surface area contributed by atoms with Crippen LogP contribution in [0.25, 0.3) is 0 Å². The number of amides is 1. The fraction of sp³-hybridized carbons (Fsp3) is 0.864. The third-order valence-electron chi connectivity index (χ3n) is 5.88. The number of carboxylic acid groups (broad SMARTS) is 2. The van der Waals surface area contributed by atoms with Gasteiger partial charge in [0.15, 0.2) is 0 Å². The Labute approximate surface area is 213 Å². The molecule has 0 aromatic carbocycles. The molecule has 1 amide bonds. The van der Waals surface area contributed by atoms with Gasteiger partial charge in [-0.3, -0.25) is 18.7 Å². The van der Waals surface area contributed by atoms with Crippen LogP contribution in [0, 0.1) is 5.92 Å². The van der Waals surface area contributed by atoms with Crippen LogP contribution in [0.15, 0.2) is 0 Å². The molecule has 0 aliphatic carbocycles. The minimum atomic E-state index is -6.06. The number of carboxylic acids is 2. The molecule has 0 heterocycles. The molecule has 212 valence electrons. The minimum Gasteiger partial charge on any atom is -0.480 e. The SMILES string of the molecule is CC(C)CCCCCCCCCCCCCCC(=O)NC(C(=O)O)(C(C(=O)O)S(=O)(=O)O)S(=O)(=O)O. The van der Waals surface area contributed by atoms with Gasteiger partial charge in [0.2, 0.25) is 11.2 Å². The molecule has 0 radical (unpaired) electrons. The molecule has 0 rings (SSSR count). The van der Waals surface area contributed by atoms with Crippen molar-refractivity contribution in [3.05, 3.63) is 0 Å². The van der Waals surface area contributed by atoms with Crippen molar-refractivity contribution in [3.8, 4) is 0 Å². The highest BCUT2D eigenvalue weighted by Crippen LogP contribution is 2.25. The van der Waals surface area contributed by atoms with E-state index in [1.165, 1.54) is 43.8 Å². The van der Waals surface area contributed by atoms with Crippen LogP contribution >= 0.6 is 0 Å². The first-order valence-electron chi connectivity index (χ1n) is 12.3. The monoisotopic (exact) mass is 559 g/mol. The second kappa shape index (κ2) is 16.2. The minimum absolute atomic E-state index is 0.187. The summed E-state index contributed by atoms with van der Waals surface area (Å²) in [4.78, 5) is 30.9. The van der Waals surface area contributed by atoms with Crippen LogP contribution in [0.1, 0.15) is 104 Å². The van der Waals surface area contributed by atoms with Gasteiger partial charge in [-0.25, -0.2) is 4.79 Å². The van der Waals surface area contributed by atoms with Crippen LogP contribution in [0.5, 0.6) is 0 Å². The number of carbonyl (C=O) groups excluding carboxylic acids is 1. The zero-order valence-electron chi connectivity index (χ0n) is 21.0. The Bertz CT molecular complexity index is 916. The van der Waals surface area contributed by atoms with Gasteiger partial charge in [-0.1, -0.05) is 90.9 Å². The molecule has 0 bridgehead atoms. The van der Waals surface area contributed by atoms with Gasteiger partial charge in [0, 0.05) is 6.42 Å². The van der Waals surface area contributed by atoms with Crippen molar-refractivity contribution in [2.24, 2.45) is 5.92 Å². The van der Waals surface area contributed by atoms with Gasteiger partial charge in [0.1, 0.15) is 0 Å². The molecule has 0 spiro atoms. The maximum Gasteiger partial charge on any atom is 0.350 e. The molecule has 0 saturated carbocycles. The smallest absolute Gasteiger partial charge is 0.350 e. The van der Waals surface area contributed by atoms with Crippen LogP contribution in [-0.2, 0) is 34.6 Å². The highest BCUT2D eigenvalue weighted by atomic mass is 32.2. The Balaban J connectivity index is 4.51. The van der Waals surface area contributed by atoms with Crippen molar-refractivity contribution in [2.75, 3.05) is 0 Å². The summed E-state index contributed by atoms with van der Waals surface area (Å²) in [6, 6.07) is 0. The molecule has 0 saturated heterocycles. The number of nitrogens with one attached hydrogen (secondary N) is 1. The molecule has 2 unspecified atom stereocenters. The molecule has 36 heavy (non-hydrogen) atoms. The first kappa shape index (κ1) is 34.2. The van der Waals surface area contributed by atoms with Crippen LogP contribution in [-0.4, -0.2) is 64.1 Å². The topological polar surface area (TPSA) is 212 Å². The first-order chi connectivity index (χ1) is 16.6. The van der Waals surface area contributed by atoms with E-state index in [2.05, 4.69) is 13.8 Å². The van der Waals surface area contributed by atoms with Crippen molar-refractivity contribution in [1.82, 2.24) is 5.32 Å². The van der Waals surface area contributed by atoms with Crippen LogP contribution in [0.4, 0.5) is 0 Å². The third kappa shape index (κ3) is 12.0. The quantitative estimate of drug-likeness (QED) is 0.102. The van der Waals surface area contributed by atoms with E-state index in [-0.39, 0.29) is 6.42 Å². The normalized spacial score (nSPS) is 14.8. The van der Waals surface area contributed by atoms with Gasteiger partial charge in [0.25, 0.3) is 15.0 Å². The van der Waals surface area contributed by atoms with Crippen molar-refractivity contribution >= 4 is 38.1 Å². The Hall–Kier alpha value is -1.77. The standard InChI is InChI=1S/C22H41NO11S2/c1-17(2)15-13-11-9-7-5-3-4-6-8-10-12-14-16-18(24)23-22(21(27)28,36(32,33)34)19(20(25)26)35(29,30)31/h17,19H,3-16H2,1-2H3,(H,23,24)(H,25,26)(H,27,28)(H,29,30,31)(H,32,33,34). The van der Waals surface area contributed by atoms with Crippen LogP contribution in [0.3, 0.4) is 0 Å². The second-order valence-corrected chi connectivity index (χ2v) is 12.6. The van der Waals surface area contributed by atoms with Gasteiger partial charge in [-0.2, -0.15) is 16.8 Å². The number of rotatable bonds is 21. The molecule has 12 nitrogen and oxygen atoms in total. The van der Waals surface area contributed by atoms with Crippen LogP contribution < -0.4 is 5.32 Å². The molecule has 0 aliphatic heterocycles. The summed E-state index contributed by atoms with van der Waals surface area (Å²) in [7, 11) is -11.9. The lowest BCUT2D eigenvalue weighted by atomic mass is 10.0. The maximum atomic E-state index is 12.2. The van der Waals surface area contributed by atoms with E-state index < -0.39 is 54.6 Å². The van der Waals surface area contributed by atoms with Gasteiger partial charge in [-0.05, 0) is 12.3 Å². The maximum absolute atomic E-state index is 12.2. The number of aliphatic carboxylic acids is 2. The molecule has 0 fully saturated rings. The predicted octanol–water partition coefficient (Wildman–Crippen LogP) is 3.23. The molecule has 0 aliphatic rings. The van der Waals surface area contributed by atoms with E-state index in [0.717, 1.165) is 38.0 Å². The molecule has 0 aromatic rings. The summed E-state index contributed by atoms with van der Waals surface area (Å²) >= 11 is 0. The lowest BCUT2D eigenvalue weighted by Crippen LogP contribution is -2.70. The highest BCUT2D eigenvalue weighted by Gasteiger charge is 2.66. The number of unbranched alkanes of at least 4 members (excludes halogenated alkanes) is 11. The summed E-state index contributed by atoms with van der Waals surface area (Å²) in [5, 5.41) is 16.1. The molecule has 2 atom stereocenters. The van der Waals surface area contributed by atoms with Crippen molar-refractivity contribution in [3.63, 3.8) is 0 Å². The zero-order valence-corrected chi connectivity index (χ0v) is 22.7. The van der Waals surface area contributed by atoms with Gasteiger partial charge in [0.05, 0.1) is 0 Å².